The molecule has 4 nitrogen and oxygen atoms in total. The lowest BCUT2D eigenvalue weighted by molar-refractivity contribution is 0.112. The van der Waals surface area contributed by atoms with Crippen LogP contribution in [0.5, 0.6) is 0 Å². The number of hydrogen-bond donors (Lipinski definition) is 0. The first kappa shape index (κ1) is 12.1. The van der Waals surface area contributed by atoms with E-state index in [2.05, 4.69) is 10.1 Å². The first-order valence-corrected chi connectivity index (χ1v) is 6.84. The number of hydrogen-bond acceptors (Lipinski definition) is 3. The van der Waals surface area contributed by atoms with E-state index in [1.165, 1.54) is 19.3 Å². The second kappa shape index (κ2) is 5.34. The van der Waals surface area contributed by atoms with E-state index in [9.17, 15) is 4.79 Å². The Labute approximate surface area is 112 Å². The average molecular weight is 255 g/mol. The van der Waals surface area contributed by atoms with Crippen molar-refractivity contribution in [3.8, 4) is 11.4 Å². The molecule has 0 aliphatic heterocycles. The first-order chi connectivity index (χ1) is 9.38. The van der Waals surface area contributed by atoms with Gasteiger partial charge in [0.05, 0.1) is 17.3 Å². The second-order valence-corrected chi connectivity index (χ2v) is 5.04. The van der Waals surface area contributed by atoms with Crippen molar-refractivity contribution in [1.29, 1.82) is 0 Å². The third-order valence-electron chi connectivity index (χ3n) is 3.74. The molecular weight excluding hydrogens is 238 g/mol. The zero-order valence-corrected chi connectivity index (χ0v) is 10.8. The largest absolute Gasteiger partial charge is 0.298 e. The number of aldehydes is 1. The Kier molecular flexibility index (Phi) is 3.40. The van der Waals surface area contributed by atoms with Crippen LogP contribution in [0.1, 0.15) is 48.5 Å². The Hall–Kier alpha value is -1.97. The lowest BCUT2D eigenvalue weighted by Gasteiger charge is -2.21. The van der Waals surface area contributed by atoms with Crippen LogP contribution in [0.4, 0.5) is 0 Å². The Bertz CT molecular complexity index is 556. The van der Waals surface area contributed by atoms with Crippen LogP contribution in [-0.2, 0) is 0 Å². The number of carbonyl (C=O) groups excluding carboxylic acids is 1. The van der Waals surface area contributed by atoms with Crippen molar-refractivity contribution in [1.82, 2.24) is 14.8 Å². The first-order valence-electron chi connectivity index (χ1n) is 6.84. The van der Waals surface area contributed by atoms with Gasteiger partial charge >= 0.3 is 0 Å². The zero-order chi connectivity index (χ0) is 13.1. The molecule has 2 aromatic heterocycles. The smallest absolute Gasteiger partial charge is 0.153 e. The highest BCUT2D eigenvalue weighted by atomic mass is 16.1. The Morgan fingerprint density at radius 2 is 2.05 bits per heavy atom. The van der Waals surface area contributed by atoms with Crippen LogP contribution in [0.3, 0.4) is 0 Å². The summed E-state index contributed by atoms with van der Waals surface area (Å²) in [4.78, 5) is 15.5. The van der Waals surface area contributed by atoms with Gasteiger partial charge in [-0.05, 0) is 25.0 Å². The molecule has 0 amide bonds. The van der Waals surface area contributed by atoms with Gasteiger partial charge in [-0.3, -0.25) is 14.5 Å². The second-order valence-electron chi connectivity index (χ2n) is 5.04. The van der Waals surface area contributed by atoms with Crippen LogP contribution in [0.25, 0.3) is 11.4 Å². The quantitative estimate of drug-likeness (QED) is 0.791. The van der Waals surface area contributed by atoms with Crippen molar-refractivity contribution in [2.75, 3.05) is 0 Å². The SMILES string of the molecule is O=Cc1cn(C2CCCCC2)nc1-c1ccccn1. The molecular formula is C15H17N3O. The van der Waals surface area contributed by atoms with Crippen molar-refractivity contribution in [2.45, 2.75) is 38.1 Å². The molecule has 1 fully saturated rings. The fourth-order valence-corrected chi connectivity index (χ4v) is 2.73. The molecule has 4 heteroatoms. The maximum atomic E-state index is 11.2. The summed E-state index contributed by atoms with van der Waals surface area (Å²) in [7, 11) is 0. The van der Waals surface area contributed by atoms with Gasteiger partial charge in [0.25, 0.3) is 0 Å². The molecule has 0 unspecified atom stereocenters. The van der Waals surface area contributed by atoms with E-state index in [0.29, 0.717) is 17.3 Å². The van der Waals surface area contributed by atoms with Crippen LogP contribution in [0.15, 0.2) is 30.6 Å². The van der Waals surface area contributed by atoms with Gasteiger partial charge in [0.1, 0.15) is 5.69 Å². The van der Waals surface area contributed by atoms with Gasteiger partial charge in [-0.2, -0.15) is 5.10 Å². The lowest BCUT2D eigenvalue weighted by atomic mass is 9.96. The van der Waals surface area contributed by atoms with Crippen molar-refractivity contribution < 1.29 is 4.79 Å². The standard InChI is InChI=1S/C15H17N3O/c19-11-12-10-18(13-6-2-1-3-7-13)17-15(12)14-8-4-5-9-16-14/h4-5,8-11,13H,1-3,6-7H2. The zero-order valence-electron chi connectivity index (χ0n) is 10.8. The molecule has 0 spiro atoms. The monoisotopic (exact) mass is 255 g/mol. The van der Waals surface area contributed by atoms with E-state index in [1.54, 1.807) is 6.20 Å². The summed E-state index contributed by atoms with van der Waals surface area (Å²) in [5.41, 5.74) is 2.09. The molecule has 19 heavy (non-hydrogen) atoms. The third kappa shape index (κ3) is 2.43. The molecule has 0 saturated heterocycles. The van der Waals surface area contributed by atoms with Gasteiger partial charge < -0.3 is 0 Å². The fraction of sp³-hybridized carbons (Fsp3) is 0.400. The van der Waals surface area contributed by atoms with Gasteiger partial charge in [-0.15, -0.1) is 0 Å². The molecule has 1 aliphatic rings. The fourth-order valence-electron chi connectivity index (χ4n) is 2.73. The minimum atomic E-state index is 0.435. The van der Waals surface area contributed by atoms with Gasteiger partial charge in [0, 0.05) is 12.4 Å². The van der Waals surface area contributed by atoms with Crippen molar-refractivity contribution in [3.05, 3.63) is 36.2 Å². The predicted molar refractivity (Wildman–Crippen MR) is 73.0 cm³/mol. The van der Waals surface area contributed by atoms with E-state index in [4.69, 9.17) is 0 Å². The summed E-state index contributed by atoms with van der Waals surface area (Å²) < 4.78 is 1.97. The normalized spacial score (nSPS) is 16.4. The van der Waals surface area contributed by atoms with Gasteiger partial charge in [0.2, 0.25) is 0 Å². The maximum absolute atomic E-state index is 11.2. The Morgan fingerprint density at radius 3 is 2.74 bits per heavy atom. The highest BCUT2D eigenvalue weighted by Gasteiger charge is 2.19. The summed E-state index contributed by atoms with van der Waals surface area (Å²) in [6.07, 6.45) is 10.6. The molecule has 2 heterocycles. The summed E-state index contributed by atoms with van der Waals surface area (Å²) in [5.74, 6) is 0. The Morgan fingerprint density at radius 1 is 1.21 bits per heavy atom. The van der Waals surface area contributed by atoms with Crippen LogP contribution in [-0.4, -0.2) is 21.1 Å². The molecule has 1 saturated carbocycles. The van der Waals surface area contributed by atoms with Crippen LogP contribution >= 0.6 is 0 Å². The van der Waals surface area contributed by atoms with Crippen molar-refractivity contribution >= 4 is 6.29 Å². The average Bonchev–Trinajstić information content (AvgIpc) is 2.93. The molecule has 0 atom stereocenters. The molecule has 0 bridgehead atoms. The lowest BCUT2D eigenvalue weighted by Crippen LogP contribution is -2.13. The van der Waals surface area contributed by atoms with Crippen molar-refractivity contribution in [2.24, 2.45) is 0 Å². The molecule has 98 valence electrons. The molecule has 2 aromatic rings. The highest BCUT2D eigenvalue weighted by Crippen LogP contribution is 2.29. The molecule has 0 aromatic carbocycles. The molecule has 0 N–H and O–H groups in total. The number of nitrogens with zero attached hydrogens (tertiary/aromatic N) is 3. The number of aromatic nitrogens is 3. The highest BCUT2D eigenvalue weighted by molar-refractivity contribution is 5.84. The minimum Gasteiger partial charge on any atom is -0.298 e. The number of carbonyl (C=O) groups is 1. The Balaban J connectivity index is 1.96. The van der Waals surface area contributed by atoms with Crippen molar-refractivity contribution in [3.63, 3.8) is 0 Å². The molecule has 0 radical (unpaired) electrons. The van der Waals surface area contributed by atoms with E-state index < -0.39 is 0 Å². The predicted octanol–water partition coefficient (Wildman–Crippen LogP) is 3.26. The molecule has 1 aliphatic carbocycles. The van der Waals surface area contributed by atoms with Crippen LogP contribution in [0.2, 0.25) is 0 Å². The summed E-state index contributed by atoms with van der Waals surface area (Å²) in [6.45, 7) is 0. The number of rotatable bonds is 3. The topological polar surface area (TPSA) is 47.8 Å². The van der Waals surface area contributed by atoms with Gasteiger partial charge in [-0.1, -0.05) is 25.3 Å². The van der Waals surface area contributed by atoms with Gasteiger partial charge in [0.15, 0.2) is 6.29 Å². The van der Waals surface area contributed by atoms with Gasteiger partial charge in [-0.25, -0.2) is 0 Å². The van der Waals surface area contributed by atoms with E-state index in [-0.39, 0.29) is 0 Å². The van der Waals surface area contributed by atoms with Crippen LogP contribution < -0.4 is 0 Å². The summed E-state index contributed by atoms with van der Waals surface area (Å²) >= 11 is 0. The minimum absolute atomic E-state index is 0.435. The van der Waals surface area contributed by atoms with Crippen LogP contribution in [0, 0.1) is 0 Å². The van der Waals surface area contributed by atoms with E-state index in [0.717, 1.165) is 24.8 Å². The summed E-state index contributed by atoms with van der Waals surface area (Å²) in [5, 5.41) is 4.60. The maximum Gasteiger partial charge on any atom is 0.153 e. The van der Waals surface area contributed by atoms with E-state index in [1.807, 2.05) is 29.1 Å². The molecule has 3 rings (SSSR count). The third-order valence-corrected chi connectivity index (χ3v) is 3.74. The number of pyridine rings is 1. The summed E-state index contributed by atoms with van der Waals surface area (Å²) in [6, 6.07) is 6.10. The van der Waals surface area contributed by atoms with E-state index >= 15 is 0 Å².